The van der Waals surface area contributed by atoms with Gasteiger partial charge in [-0.05, 0) is 54.7 Å². The molecule has 0 aliphatic carbocycles. The Labute approximate surface area is 221 Å². The van der Waals surface area contributed by atoms with Gasteiger partial charge in [0, 0.05) is 22.5 Å². The molecule has 3 aromatic carbocycles. The average Bonchev–Trinajstić information content (AvgIpc) is 3.36. The highest BCUT2D eigenvalue weighted by Crippen LogP contribution is 2.57. The lowest BCUT2D eigenvalue weighted by Gasteiger charge is -2.37. The third-order valence-corrected chi connectivity index (χ3v) is 8.18. The number of halogens is 1. The van der Waals surface area contributed by atoms with Crippen molar-refractivity contribution < 1.29 is 18.8 Å². The number of amides is 1. The maximum Gasteiger partial charge on any atom is 0.238 e. The van der Waals surface area contributed by atoms with Crippen LogP contribution in [0.2, 0.25) is 0 Å². The second-order valence-electron chi connectivity index (χ2n) is 11.0. The van der Waals surface area contributed by atoms with E-state index in [2.05, 4.69) is 19.2 Å². The van der Waals surface area contributed by atoms with Crippen LogP contribution in [0.3, 0.4) is 0 Å². The number of fused-ring (bicyclic) bond motifs is 6. The van der Waals surface area contributed by atoms with Gasteiger partial charge in [-0.25, -0.2) is 4.39 Å². The molecule has 3 aromatic rings. The molecule has 0 aromatic heterocycles. The third kappa shape index (κ3) is 3.39. The van der Waals surface area contributed by atoms with Crippen molar-refractivity contribution in [3.8, 4) is 0 Å². The number of anilines is 2. The van der Waals surface area contributed by atoms with E-state index in [4.69, 9.17) is 0 Å². The molecule has 38 heavy (non-hydrogen) atoms. The molecule has 1 spiro atoms. The van der Waals surface area contributed by atoms with Crippen LogP contribution in [0.5, 0.6) is 0 Å². The van der Waals surface area contributed by atoms with Crippen LogP contribution in [0.4, 0.5) is 15.8 Å². The average molecular weight is 509 g/mol. The first-order chi connectivity index (χ1) is 18.2. The fourth-order valence-corrected chi connectivity index (χ4v) is 6.76. The van der Waals surface area contributed by atoms with Gasteiger partial charge in [0.05, 0.1) is 18.0 Å². The molecule has 4 atom stereocenters. The van der Waals surface area contributed by atoms with Gasteiger partial charge in [0.1, 0.15) is 11.2 Å². The molecule has 1 saturated heterocycles. The van der Waals surface area contributed by atoms with Crippen molar-refractivity contribution in [1.29, 1.82) is 0 Å². The third-order valence-electron chi connectivity index (χ3n) is 8.18. The summed E-state index contributed by atoms with van der Waals surface area (Å²) in [6, 6.07) is 17.8. The van der Waals surface area contributed by atoms with Gasteiger partial charge in [-0.15, -0.1) is 0 Å². The fourth-order valence-electron chi connectivity index (χ4n) is 6.76. The Morgan fingerprint density at radius 2 is 1.79 bits per heavy atom. The van der Waals surface area contributed by atoms with Crippen LogP contribution in [0.25, 0.3) is 6.08 Å². The first-order valence-electron chi connectivity index (χ1n) is 13.0. The number of hydrogen-bond acceptors (Lipinski definition) is 4. The summed E-state index contributed by atoms with van der Waals surface area (Å²) in [4.78, 5) is 43.9. The molecule has 1 N–H and O–H groups in total. The van der Waals surface area contributed by atoms with E-state index in [-0.39, 0.29) is 17.5 Å². The first kappa shape index (κ1) is 24.3. The molecule has 5 nitrogen and oxygen atoms in total. The summed E-state index contributed by atoms with van der Waals surface area (Å²) in [6.45, 7) is 5.75. The zero-order chi connectivity index (χ0) is 26.8. The number of carbonyl (C=O) groups excluding carboxylic acids is 3. The van der Waals surface area contributed by atoms with Crippen molar-refractivity contribution in [2.45, 2.75) is 44.7 Å². The Morgan fingerprint density at radius 3 is 2.50 bits per heavy atom. The summed E-state index contributed by atoms with van der Waals surface area (Å²) in [5.41, 5.74) is 2.86. The zero-order valence-corrected chi connectivity index (χ0v) is 21.6. The SMILES string of the molecule is CC(=O)[C@@H]1[C@@H](C(=O)c2ccc(CC(C)C)cc2)[C@]2(C(=O)Nc3ccccc32)[C@H]2C=Cc3cc(F)ccc3N12. The van der Waals surface area contributed by atoms with Crippen LogP contribution in [-0.4, -0.2) is 29.6 Å². The molecule has 192 valence electrons. The Balaban J connectivity index is 1.58. The monoisotopic (exact) mass is 508 g/mol. The van der Waals surface area contributed by atoms with Crippen LogP contribution >= 0.6 is 0 Å². The van der Waals surface area contributed by atoms with Crippen molar-refractivity contribution in [2.75, 3.05) is 10.2 Å². The molecule has 6 heteroatoms. The molecular weight excluding hydrogens is 479 g/mol. The minimum Gasteiger partial charge on any atom is -0.352 e. The maximum absolute atomic E-state index is 14.5. The van der Waals surface area contributed by atoms with Gasteiger partial charge in [-0.1, -0.05) is 68.5 Å². The topological polar surface area (TPSA) is 66.5 Å². The Morgan fingerprint density at radius 1 is 1.05 bits per heavy atom. The predicted molar refractivity (Wildman–Crippen MR) is 146 cm³/mol. The van der Waals surface area contributed by atoms with Crippen LogP contribution in [-0.2, 0) is 21.4 Å². The van der Waals surface area contributed by atoms with E-state index in [1.54, 1.807) is 24.3 Å². The summed E-state index contributed by atoms with van der Waals surface area (Å²) in [5.74, 6) is -1.67. The number of carbonyl (C=O) groups is 3. The van der Waals surface area contributed by atoms with E-state index >= 15 is 0 Å². The summed E-state index contributed by atoms with van der Waals surface area (Å²) in [7, 11) is 0. The summed E-state index contributed by atoms with van der Waals surface area (Å²) < 4.78 is 14.1. The van der Waals surface area contributed by atoms with Gasteiger partial charge < -0.3 is 10.2 Å². The van der Waals surface area contributed by atoms with E-state index in [0.717, 1.165) is 12.0 Å². The van der Waals surface area contributed by atoms with Crippen molar-refractivity contribution in [1.82, 2.24) is 0 Å². The van der Waals surface area contributed by atoms with E-state index in [0.29, 0.717) is 34.0 Å². The molecule has 0 bridgehead atoms. The summed E-state index contributed by atoms with van der Waals surface area (Å²) in [6.07, 6.45) is 4.53. The highest BCUT2D eigenvalue weighted by molar-refractivity contribution is 6.16. The fraction of sp³-hybridized carbons (Fsp3) is 0.281. The number of para-hydroxylation sites is 1. The first-order valence-corrected chi connectivity index (χ1v) is 13.0. The zero-order valence-electron chi connectivity index (χ0n) is 21.6. The number of benzene rings is 3. The van der Waals surface area contributed by atoms with Crippen LogP contribution < -0.4 is 10.2 Å². The van der Waals surface area contributed by atoms with Gasteiger partial charge in [0.2, 0.25) is 5.91 Å². The Bertz CT molecular complexity index is 1510. The Hall–Kier alpha value is -4.06. The van der Waals surface area contributed by atoms with Gasteiger partial charge in [-0.2, -0.15) is 0 Å². The largest absolute Gasteiger partial charge is 0.352 e. The predicted octanol–water partition coefficient (Wildman–Crippen LogP) is 5.59. The highest BCUT2D eigenvalue weighted by atomic mass is 19.1. The molecule has 3 aliphatic rings. The maximum atomic E-state index is 14.5. The van der Waals surface area contributed by atoms with E-state index in [1.165, 1.54) is 19.1 Å². The minimum absolute atomic E-state index is 0.218. The molecule has 0 radical (unpaired) electrons. The molecule has 3 heterocycles. The standard InChI is InChI=1S/C32H29FN2O3/c1-18(2)16-20-8-10-21(11-9-20)30(37)28-29(19(3)36)35-26-14-13-23(33)17-22(26)12-15-27(35)32(28)24-6-4-5-7-25(24)34-31(32)38/h4-15,17-18,27-29H,16H2,1-3H3,(H,34,38)/t27-,28+,29-,32-/m1/s1. The van der Waals surface area contributed by atoms with E-state index in [1.807, 2.05) is 47.4 Å². The quantitative estimate of drug-likeness (QED) is 0.457. The van der Waals surface area contributed by atoms with Crippen LogP contribution in [0.15, 0.2) is 72.8 Å². The van der Waals surface area contributed by atoms with Gasteiger partial charge in [0.15, 0.2) is 11.6 Å². The van der Waals surface area contributed by atoms with Crippen molar-refractivity contribution in [3.63, 3.8) is 0 Å². The second-order valence-corrected chi connectivity index (χ2v) is 11.0. The molecule has 3 aliphatic heterocycles. The van der Waals surface area contributed by atoms with Crippen LogP contribution in [0.1, 0.15) is 47.8 Å². The summed E-state index contributed by atoms with van der Waals surface area (Å²) >= 11 is 0. The molecule has 1 amide bonds. The second kappa shape index (κ2) is 8.76. The number of rotatable bonds is 5. The molecule has 0 saturated carbocycles. The highest BCUT2D eigenvalue weighted by Gasteiger charge is 2.69. The Kier molecular flexibility index (Phi) is 5.60. The summed E-state index contributed by atoms with van der Waals surface area (Å²) in [5, 5.41) is 3.00. The number of ketones is 2. The van der Waals surface area contributed by atoms with E-state index < -0.39 is 29.2 Å². The van der Waals surface area contributed by atoms with Gasteiger partial charge in [0.25, 0.3) is 0 Å². The van der Waals surface area contributed by atoms with Gasteiger partial charge in [-0.3, -0.25) is 14.4 Å². The smallest absolute Gasteiger partial charge is 0.238 e. The van der Waals surface area contributed by atoms with Crippen molar-refractivity contribution in [3.05, 3.63) is 101 Å². The molecular formula is C32H29FN2O3. The lowest BCUT2D eigenvalue weighted by atomic mass is 9.64. The van der Waals surface area contributed by atoms with Crippen LogP contribution in [0, 0.1) is 17.7 Å². The molecule has 6 rings (SSSR count). The number of Topliss-reactive ketones (excluding diaryl/α,β-unsaturated/α-hetero) is 2. The van der Waals surface area contributed by atoms with E-state index in [9.17, 15) is 18.8 Å². The normalized spacial score (nSPS) is 24.8. The van der Waals surface area contributed by atoms with Gasteiger partial charge >= 0.3 is 0 Å². The lowest BCUT2D eigenvalue weighted by Crippen LogP contribution is -2.51. The number of nitrogens with one attached hydrogen (secondary N) is 1. The molecule has 1 fully saturated rings. The number of hydrogen-bond donors (Lipinski definition) is 1. The van der Waals surface area contributed by atoms with Crippen molar-refractivity contribution in [2.24, 2.45) is 11.8 Å². The number of nitrogens with zero attached hydrogens (tertiary/aromatic N) is 1. The molecule has 0 unspecified atom stereocenters. The lowest BCUT2D eigenvalue weighted by molar-refractivity contribution is -0.122. The van der Waals surface area contributed by atoms with Crippen molar-refractivity contribution >= 4 is 34.9 Å². The minimum atomic E-state index is -1.33.